The lowest BCUT2D eigenvalue weighted by Gasteiger charge is -2.35. The van der Waals surface area contributed by atoms with E-state index in [0.717, 1.165) is 17.1 Å². The molecule has 13 aromatic carbocycles. The first kappa shape index (κ1) is 46.2. The largest absolute Gasteiger partial charge is 0.310 e. The highest BCUT2D eigenvalue weighted by atomic mass is 28.3. The van der Waals surface area contributed by atoms with Crippen molar-refractivity contribution in [3.05, 3.63) is 322 Å². The molecule has 0 spiro atoms. The van der Waals surface area contributed by atoms with Gasteiger partial charge in [-0.3, -0.25) is 0 Å². The predicted octanol–water partition coefficient (Wildman–Crippen LogP) is 17.2. The summed E-state index contributed by atoms with van der Waals surface area (Å²) < 4.78 is 0. The second kappa shape index (κ2) is 20.4. The highest BCUT2D eigenvalue weighted by molar-refractivity contribution is 7.19. The van der Waals surface area contributed by atoms with Crippen LogP contribution in [0.2, 0.25) is 0 Å². The Morgan fingerprint density at radius 1 is 0.197 bits per heavy atom. The van der Waals surface area contributed by atoms with Crippen molar-refractivity contribution < 1.29 is 0 Å². The fraction of sp³-hybridized carbons (Fsp3) is 0. The molecule has 0 saturated heterocycles. The van der Waals surface area contributed by atoms with Crippen molar-refractivity contribution in [2.45, 2.75) is 0 Å². The number of rotatable bonds is 12. The van der Waals surface area contributed by atoms with Gasteiger partial charge in [-0.1, -0.05) is 273 Å². The molecule has 13 aromatic rings. The number of para-hydroxylation sites is 1. The van der Waals surface area contributed by atoms with Gasteiger partial charge in [0, 0.05) is 17.1 Å². The van der Waals surface area contributed by atoms with Crippen LogP contribution in [0.1, 0.15) is 0 Å². The molecule has 13 rings (SSSR count). The molecule has 0 atom stereocenters. The van der Waals surface area contributed by atoms with Crippen molar-refractivity contribution in [2.75, 3.05) is 4.90 Å². The van der Waals surface area contributed by atoms with E-state index >= 15 is 0 Å². The lowest BCUT2D eigenvalue weighted by Crippen LogP contribution is -2.74. The van der Waals surface area contributed by atoms with E-state index in [4.69, 9.17) is 0 Å². The average molecular weight is 984 g/mol. The third-order valence-electron chi connectivity index (χ3n) is 15.2. The van der Waals surface area contributed by atoms with Crippen LogP contribution in [0.4, 0.5) is 17.1 Å². The molecule has 0 bridgehead atoms. The molecule has 1 nitrogen and oxygen atoms in total. The molecule has 0 saturated carbocycles. The van der Waals surface area contributed by atoms with Crippen molar-refractivity contribution in [1.82, 2.24) is 0 Å². The maximum Gasteiger partial charge on any atom is 0.179 e. The highest BCUT2D eigenvalue weighted by Gasteiger charge is 2.41. The molecule has 0 radical (unpaired) electrons. The van der Waals surface area contributed by atoms with Crippen LogP contribution in [0, 0.1) is 0 Å². The van der Waals surface area contributed by atoms with Crippen LogP contribution in [0.25, 0.3) is 77.2 Å². The number of anilines is 3. The molecule has 2 heteroatoms. The number of benzene rings is 13. The second-order valence-electron chi connectivity index (χ2n) is 19.5. The standard InChI is InChI=1S/C74H53NSi/c1-9-25-54(26-10-1)71-69-50-44-61(53-70(69)72(55-27-11-2-12-28-55)74(57-31-15-4-16-32-57)73(71)56-29-13-3-14-30-56)58-41-42-60-52-64(45-43-59(60)51-58)75(62-33-17-5-18-34-62)63-46-48-68(49-47-63)76(65-35-19-6-20-36-65,66-37-21-7-22-38-66)67-39-23-8-24-40-67/h1-53H. The number of hydrogen-bond acceptors (Lipinski definition) is 1. The summed E-state index contributed by atoms with van der Waals surface area (Å²) in [6.07, 6.45) is 0. The third-order valence-corrected chi connectivity index (χ3v) is 20.0. The van der Waals surface area contributed by atoms with Gasteiger partial charge in [0.15, 0.2) is 8.07 Å². The number of nitrogens with zero attached hydrogens (tertiary/aromatic N) is 1. The molecule has 0 aliphatic rings. The summed E-state index contributed by atoms with van der Waals surface area (Å²) in [5.74, 6) is 0. The normalized spacial score (nSPS) is 11.4. The van der Waals surface area contributed by atoms with Crippen LogP contribution < -0.4 is 25.6 Å². The fourth-order valence-electron chi connectivity index (χ4n) is 11.8. The molecule has 358 valence electrons. The molecule has 0 aliphatic heterocycles. The molecule has 0 unspecified atom stereocenters. The Kier molecular flexibility index (Phi) is 12.4. The van der Waals surface area contributed by atoms with Gasteiger partial charge in [0.25, 0.3) is 0 Å². The van der Waals surface area contributed by atoms with Gasteiger partial charge in [0.2, 0.25) is 0 Å². The van der Waals surface area contributed by atoms with E-state index in [9.17, 15) is 0 Å². The lowest BCUT2D eigenvalue weighted by atomic mass is 9.78. The van der Waals surface area contributed by atoms with E-state index in [0.29, 0.717) is 0 Å². The van der Waals surface area contributed by atoms with E-state index in [1.165, 1.54) is 97.9 Å². The van der Waals surface area contributed by atoms with Crippen molar-refractivity contribution in [2.24, 2.45) is 0 Å². The predicted molar refractivity (Wildman–Crippen MR) is 327 cm³/mol. The first-order valence-corrected chi connectivity index (χ1v) is 28.2. The quantitative estimate of drug-likeness (QED) is 0.0871. The zero-order chi connectivity index (χ0) is 50.7. The van der Waals surface area contributed by atoms with E-state index in [1.54, 1.807) is 0 Å². The van der Waals surface area contributed by atoms with Gasteiger partial charge in [-0.15, -0.1) is 0 Å². The minimum Gasteiger partial charge on any atom is -0.310 e. The van der Waals surface area contributed by atoms with Gasteiger partial charge < -0.3 is 4.90 Å². The molecule has 0 aliphatic carbocycles. The topological polar surface area (TPSA) is 3.24 Å². The molecular weight excluding hydrogens is 931 g/mol. The number of fused-ring (bicyclic) bond motifs is 2. The smallest absolute Gasteiger partial charge is 0.179 e. The van der Waals surface area contributed by atoms with Crippen molar-refractivity contribution in [3.8, 4) is 55.6 Å². The molecule has 76 heavy (non-hydrogen) atoms. The Labute approximate surface area is 447 Å². The van der Waals surface area contributed by atoms with Gasteiger partial charge in [-0.25, -0.2) is 0 Å². The maximum absolute atomic E-state index is 2.69. The van der Waals surface area contributed by atoms with Crippen molar-refractivity contribution in [3.63, 3.8) is 0 Å². The number of hydrogen-bond donors (Lipinski definition) is 0. The second-order valence-corrected chi connectivity index (χ2v) is 23.3. The summed E-state index contributed by atoms with van der Waals surface area (Å²) in [5, 5.41) is 10.2. The van der Waals surface area contributed by atoms with E-state index in [1.807, 2.05) is 0 Å². The Hall–Kier alpha value is -9.60. The van der Waals surface area contributed by atoms with E-state index < -0.39 is 8.07 Å². The lowest BCUT2D eigenvalue weighted by molar-refractivity contribution is 1.29. The summed E-state index contributed by atoms with van der Waals surface area (Å²) in [5.41, 5.74) is 15.4. The van der Waals surface area contributed by atoms with Crippen LogP contribution >= 0.6 is 0 Å². The highest BCUT2D eigenvalue weighted by Crippen LogP contribution is 2.51. The van der Waals surface area contributed by atoms with Crippen LogP contribution in [0.5, 0.6) is 0 Å². The first-order valence-electron chi connectivity index (χ1n) is 26.2. The van der Waals surface area contributed by atoms with Gasteiger partial charge in [0.05, 0.1) is 0 Å². The van der Waals surface area contributed by atoms with Gasteiger partial charge in [-0.05, 0) is 146 Å². The summed E-state index contributed by atoms with van der Waals surface area (Å²) in [7, 11) is -2.69. The molecular formula is C74H53NSi. The zero-order valence-electron chi connectivity index (χ0n) is 42.0. The fourth-order valence-corrected chi connectivity index (χ4v) is 16.5. The van der Waals surface area contributed by atoms with Crippen LogP contribution in [0.3, 0.4) is 0 Å². The SMILES string of the molecule is c1ccc(-c2c(-c3ccccc3)c(-c3ccccc3)c3cc(-c4ccc5cc(N(c6ccccc6)c6ccc([Si](c7ccccc7)(c7ccccc7)c7ccccc7)cc6)ccc5c4)ccc3c2-c2ccccc2)cc1. The molecule has 0 aromatic heterocycles. The van der Waals surface area contributed by atoms with Crippen LogP contribution in [-0.4, -0.2) is 8.07 Å². The van der Waals surface area contributed by atoms with Crippen LogP contribution in [0.15, 0.2) is 322 Å². The van der Waals surface area contributed by atoms with Gasteiger partial charge in [0.1, 0.15) is 0 Å². The van der Waals surface area contributed by atoms with E-state index in [-0.39, 0.29) is 0 Å². The summed E-state index contributed by atoms with van der Waals surface area (Å²) in [6, 6.07) is 118. The van der Waals surface area contributed by atoms with Gasteiger partial charge in [-0.2, -0.15) is 0 Å². The summed E-state index contributed by atoms with van der Waals surface area (Å²) >= 11 is 0. The van der Waals surface area contributed by atoms with E-state index in [2.05, 4.69) is 326 Å². The van der Waals surface area contributed by atoms with Crippen molar-refractivity contribution >= 4 is 67.4 Å². The Balaban J connectivity index is 0.945. The zero-order valence-corrected chi connectivity index (χ0v) is 43.0. The maximum atomic E-state index is 2.44. The summed E-state index contributed by atoms with van der Waals surface area (Å²) in [4.78, 5) is 2.39. The summed E-state index contributed by atoms with van der Waals surface area (Å²) in [6.45, 7) is 0. The average Bonchev–Trinajstić information content (AvgIpc) is 3.62. The Bertz CT molecular complexity index is 4000. The molecule has 0 amide bonds. The molecule has 0 N–H and O–H groups in total. The first-order chi connectivity index (χ1) is 37.7. The molecule has 0 heterocycles. The minimum atomic E-state index is -2.69. The van der Waals surface area contributed by atoms with Gasteiger partial charge >= 0.3 is 0 Å². The molecule has 0 fully saturated rings. The Morgan fingerprint density at radius 2 is 0.526 bits per heavy atom. The third kappa shape index (κ3) is 8.41. The van der Waals surface area contributed by atoms with Crippen molar-refractivity contribution in [1.29, 1.82) is 0 Å². The minimum absolute atomic E-state index is 1.10. The van der Waals surface area contributed by atoms with Crippen LogP contribution in [-0.2, 0) is 0 Å². The Morgan fingerprint density at radius 3 is 1.00 bits per heavy atom. The monoisotopic (exact) mass is 983 g/mol.